The fraction of sp³-hybridized carbons (Fsp3) is 0.458. The number of amides is 1. The first-order valence-corrected chi connectivity index (χ1v) is 10.6. The van der Waals surface area contributed by atoms with Gasteiger partial charge in [-0.25, -0.2) is 4.68 Å². The highest BCUT2D eigenvalue weighted by Gasteiger charge is 2.36. The molecule has 7 nitrogen and oxygen atoms in total. The summed E-state index contributed by atoms with van der Waals surface area (Å²) in [5.74, 6) is 0.00229. The molecule has 1 amide bonds. The van der Waals surface area contributed by atoms with E-state index in [-0.39, 0.29) is 17.1 Å². The first-order valence-electron chi connectivity index (χ1n) is 10.6. The van der Waals surface area contributed by atoms with Crippen LogP contribution in [0.5, 0.6) is 0 Å². The number of carbonyl (C=O) groups excluding carboxylic acids is 2. The summed E-state index contributed by atoms with van der Waals surface area (Å²) < 4.78 is 6.84. The minimum atomic E-state index is -0.147. The van der Waals surface area contributed by atoms with E-state index in [9.17, 15) is 9.59 Å². The van der Waals surface area contributed by atoms with E-state index in [0.717, 1.165) is 29.8 Å². The van der Waals surface area contributed by atoms with Crippen LogP contribution in [0, 0.1) is 5.41 Å². The van der Waals surface area contributed by atoms with Crippen LogP contribution in [0.15, 0.2) is 30.9 Å². The van der Waals surface area contributed by atoms with Crippen molar-refractivity contribution in [3.8, 4) is 5.69 Å². The Kier molecular flexibility index (Phi) is 6.65. The number of allylic oxidation sites excluding steroid dienone is 1. The van der Waals surface area contributed by atoms with Crippen LogP contribution in [0.25, 0.3) is 5.69 Å². The van der Waals surface area contributed by atoms with E-state index in [1.807, 2.05) is 12.1 Å². The van der Waals surface area contributed by atoms with Crippen molar-refractivity contribution in [1.29, 1.82) is 0 Å². The van der Waals surface area contributed by atoms with Gasteiger partial charge in [0.2, 0.25) is 0 Å². The summed E-state index contributed by atoms with van der Waals surface area (Å²) in [6.07, 6.45) is 4.47. The Labute approximate surface area is 183 Å². The number of nitrogens with zero attached hydrogens (tertiary/aromatic N) is 3. The number of fused-ring (bicyclic) bond motifs is 1. The second-order valence-electron chi connectivity index (χ2n) is 8.94. The Morgan fingerprint density at radius 2 is 2.13 bits per heavy atom. The average Bonchev–Trinajstić information content (AvgIpc) is 3.06. The summed E-state index contributed by atoms with van der Waals surface area (Å²) in [4.78, 5) is 27.2. The molecule has 0 radical (unpaired) electrons. The van der Waals surface area contributed by atoms with E-state index < -0.39 is 0 Å². The number of aryl methyl sites for hydroxylation is 1. The van der Waals surface area contributed by atoms with Crippen molar-refractivity contribution < 1.29 is 14.3 Å². The molecule has 0 bridgehead atoms. The standard InChI is InChI=1S/C24H32N4O3/c1-6-7-8-18-22-20(14-24(2,3)15-21(22)29)28(26-18)19-10-9-16(13-17(19)25)23(30)27(4)11-12-31-5/h6,9-10,13H,1,7-8,11-12,14-15,25H2,2-5H3. The summed E-state index contributed by atoms with van der Waals surface area (Å²) in [7, 11) is 3.33. The van der Waals surface area contributed by atoms with Crippen LogP contribution >= 0.6 is 0 Å². The maximum atomic E-state index is 12.9. The maximum absolute atomic E-state index is 12.9. The number of Topliss-reactive ketones (excluding diaryl/α,β-unsaturated/α-hetero) is 1. The lowest BCUT2D eigenvalue weighted by atomic mass is 9.75. The molecule has 0 aliphatic heterocycles. The molecule has 3 rings (SSSR count). The smallest absolute Gasteiger partial charge is 0.253 e. The lowest BCUT2D eigenvalue weighted by molar-refractivity contribution is 0.0744. The second-order valence-corrected chi connectivity index (χ2v) is 8.94. The van der Waals surface area contributed by atoms with Crippen molar-refractivity contribution in [2.45, 2.75) is 39.5 Å². The van der Waals surface area contributed by atoms with Crippen molar-refractivity contribution in [2.75, 3.05) is 33.0 Å². The molecule has 1 heterocycles. The number of rotatable bonds is 8. The van der Waals surface area contributed by atoms with Crippen LogP contribution in [0.2, 0.25) is 0 Å². The first-order chi connectivity index (χ1) is 14.7. The summed E-state index contributed by atoms with van der Waals surface area (Å²) in [5.41, 5.74) is 10.3. The predicted molar refractivity (Wildman–Crippen MR) is 122 cm³/mol. The molecule has 0 spiro atoms. The van der Waals surface area contributed by atoms with E-state index in [0.29, 0.717) is 42.9 Å². The van der Waals surface area contributed by atoms with Crippen LogP contribution in [0.1, 0.15) is 58.8 Å². The Balaban J connectivity index is 2.02. The van der Waals surface area contributed by atoms with Crippen LogP contribution in [0.4, 0.5) is 5.69 Å². The molecule has 31 heavy (non-hydrogen) atoms. The maximum Gasteiger partial charge on any atom is 0.253 e. The van der Waals surface area contributed by atoms with Gasteiger partial charge in [0.25, 0.3) is 5.91 Å². The zero-order valence-electron chi connectivity index (χ0n) is 18.9. The van der Waals surface area contributed by atoms with Crippen LogP contribution < -0.4 is 5.73 Å². The Morgan fingerprint density at radius 1 is 1.39 bits per heavy atom. The molecular formula is C24H32N4O3. The molecule has 0 atom stereocenters. The highest BCUT2D eigenvalue weighted by atomic mass is 16.5. The summed E-state index contributed by atoms with van der Waals surface area (Å²) in [5, 5.41) is 4.78. The number of anilines is 1. The molecule has 2 aromatic rings. The summed E-state index contributed by atoms with van der Waals surface area (Å²) in [6.45, 7) is 8.93. The molecule has 0 saturated carbocycles. The molecule has 0 saturated heterocycles. The Bertz CT molecular complexity index is 1010. The SMILES string of the molecule is C=CCCc1nn(-c2ccc(C(=O)N(C)CCOC)cc2N)c2c1C(=O)CC(C)(C)C2. The third kappa shape index (κ3) is 4.71. The largest absolute Gasteiger partial charge is 0.397 e. The van der Waals surface area contributed by atoms with Gasteiger partial charge in [0.15, 0.2) is 5.78 Å². The number of hydrogen-bond acceptors (Lipinski definition) is 5. The number of aromatic nitrogens is 2. The number of methoxy groups -OCH3 is 1. The van der Waals surface area contributed by atoms with Gasteiger partial charge in [-0.15, -0.1) is 6.58 Å². The third-order valence-electron chi connectivity index (χ3n) is 5.68. The number of ether oxygens (including phenoxy) is 1. The zero-order chi connectivity index (χ0) is 22.8. The number of nitrogens with two attached hydrogens (primary N) is 1. The number of carbonyl (C=O) groups is 2. The number of likely N-dealkylation sites (N-methyl/N-ethyl adjacent to an activating group) is 1. The number of benzene rings is 1. The Morgan fingerprint density at radius 3 is 2.77 bits per heavy atom. The fourth-order valence-corrected chi connectivity index (χ4v) is 4.07. The quantitative estimate of drug-likeness (QED) is 0.518. The minimum absolute atomic E-state index is 0.124. The lowest BCUT2D eigenvalue weighted by Gasteiger charge is -2.29. The normalized spacial score (nSPS) is 14.9. The van der Waals surface area contributed by atoms with Crippen LogP contribution in [0.3, 0.4) is 0 Å². The van der Waals surface area contributed by atoms with E-state index in [4.69, 9.17) is 15.6 Å². The van der Waals surface area contributed by atoms with Gasteiger partial charge in [0, 0.05) is 32.7 Å². The highest BCUT2D eigenvalue weighted by molar-refractivity contribution is 6.00. The monoisotopic (exact) mass is 424 g/mol. The minimum Gasteiger partial charge on any atom is -0.397 e. The van der Waals surface area contributed by atoms with E-state index >= 15 is 0 Å². The summed E-state index contributed by atoms with van der Waals surface area (Å²) >= 11 is 0. The second kappa shape index (κ2) is 9.06. The zero-order valence-corrected chi connectivity index (χ0v) is 18.9. The molecule has 1 aromatic carbocycles. The average molecular weight is 425 g/mol. The van der Waals surface area contributed by atoms with Gasteiger partial charge in [-0.3, -0.25) is 9.59 Å². The number of nitrogen functional groups attached to an aromatic ring is 1. The van der Waals surface area contributed by atoms with Gasteiger partial charge >= 0.3 is 0 Å². The molecule has 1 aliphatic rings. The topological polar surface area (TPSA) is 90.4 Å². The lowest BCUT2D eigenvalue weighted by Crippen LogP contribution is -2.30. The fourth-order valence-electron chi connectivity index (χ4n) is 4.07. The van der Waals surface area contributed by atoms with Crippen molar-refractivity contribution in [3.05, 3.63) is 53.4 Å². The highest BCUT2D eigenvalue weighted by Crippen LogP contribution is 2.38. The number of ketones is 1. The third-order valence-corrected chi connectivity index (χ3v) is 5.68. The van der Waals surface area contributed by atoms with Crippen molar-refractivity contribution in [3.63, 3.8) is 0 Å². The van der Waals surface area contributed by atoms with E-state index in [1.165, 1.54) is 0 Å². The van der Waals surface area contributed by atoms with Gasteiger partial charge in [-0.1, -0.05) is 19.9 Å². The van der Waals surface area contributed by atoms with Gasteiger partial charge in [-0.2, -0.15) is 5.10 Å². The molecule has 166 valence electrons. The molecule has 7 heteroatoms. The van der Waals surface area contributed by atoms with Crippen molar-refractivity contribution >= 4 is 17.4 Å². The van der Waals surface area contributed by atoms with Gasteiger partial charge in [0.1, 0.15) is 0 Å². The van der Waals surface area contributed by atoms with Crippen molar-refractivity contribution in [1.82, 2.24) is 14.7 Å². The molecule has 2 N–H and O–H groups in total. The van der Waals surface area contributed by atoms with Gasteiger partial charge in [0.05, 0.1) is 34.9 Å². The molecule has 1 aliphatic carbocycles. The van der Waals surface area contributed by atoms with Crippen LogP contribution in [-0.2, 0) is 17.6 Å². The van der Waals surface area contributed by atoms with E-state index in [2.05, 4.69) is 20.4 Å². The summed E-state index contributed by atoms with van der Waals surface area (Å²) in [6, 6.07) is 5.24. The van der Waals surface area contributed by atoms with Gasteiger partial charge < -0.3 is 15.4 Å². The molecule has 1 aromatic heterocycles. The molecule has 0 fully saturated rings. The van der Waals surface area contributed by atoms with Crippen molar-refractivity contribution in [2.24, 2.45) is 5.41 Å². The first kappa shape index (κ1) is 22.7. The van der Waals surface area contributed by atoms with Crippen LogP contribution in [-0.4, -0.2) is 53.7 Å². The van der Waals surface area contributed by atoms with Gasteiger partial charge in [-0.05, 0) is 42.9 Å². The number of hydrogen-bond donors (Lipinski definition) is 1. The van der Waals surface area contributed by atoms with E-state index in [1.54, 1.807) is 35.9 Å². The molecule has 0 unspecified atom stereocenters. The Hall–Kier alpha value is -2.93. The predicted octanol–water partition coefficient (Wildman–Crippen LogP) is 3.45. The molecular weight excluding hydrogens is 392 g/mol.